The molecule has 0 saturated heterocycles. The third-order valence-corrected chi connectivity index (χ3v) is 5.46. The number of alkyl halides is 2. The second kappa shape index (κ2) is 4.52. The molecule has 1 N–H and O–H groups in total. The van der Waals surface area contributed by atoms with E-state index in [1.807, 2.05) is 13.8 Å². The molecule has 1 saturated carbocycles. The highest BCUT2D eigenvalue weighted by atomic mass is 32.2. The van der Waals surface area contributed by atoms with Gasteiger partial charge >= 0.3 is 5.76 Å². The quantitative estimate of drug-likeness (QED) is 0.930. The summed E-state index contributed by atoms with van der Waals surface area (Å²) < 4.78 is 47.3. The van der Waals surface area contributed by atoms with E-state index in [2.05, 4.69) is 0 Å². The topological polar surface area (TPSA) is 54.4 Å². The zero-order chi connectivity index (χ0) is 14.4. The van der Waals surface area contributed by atoms with Crippen LogP contribution in [0.4, 0.5) is 8.78 Å². The summed E-state index contributed by atoms with van der Waals surface area (Å²) in [5.41, 5.74) is 0.590. The molecule has 0 radical (unpaired) electrons. The van der Waals surface area contributed by atoms with Gasteiger partial charge in [0.25, 0.3) is 0 Å². The molecule has 2 rings (SSSR count). The number of hydrogen-bond donors (Lipinski definition) is 1. The van der Waals surface area contributed by atoms with Gasteiger partial charge in [0.2, 0.25) is 9.84 Å². The van der Waals surface area contributed by atoms with Crippen molar-refractivity contribution in [2.24, 2.45) is 5.41 Å². The summed E-state index contributed by atoms with van der Waals surface area (Å²) in [5, 5.41) is 9.67. The number of aliphatic hydroxyl groups excluding tert-OH is 1. The van der Waals surface area contributed by atoms with Crippen LogP contribution in [0.3, 0.4) is 0 Å². The first kappa shape index (κ1) is 14.4. The standard InChI is InChI=1S/C13H16F2O3S/c1-13(2)10(7-11(13)16)8-3-5-9(6-4-8)19(17,18)12(14)15/h3-6,10-12,16H,7H2,1-2H3. The number of benzene rings is 1. The van der Waals surface area contributed by atoms with Crippen LogP contribution >= 0.6 is 0 Å². The molecule has 0 aromatic heterocycles. The predicted octanol–water partition coefficient (Wildman–Crippen LogP) is 2.56. The highest BCUT2D eigenvalue weighted by Gasteiger charge is 2.47. The van der Waals surface area contributed by atoms with E-state index in [4.69, 9.17) is 0 Å². The highest BCUT2D eigenvalue weighted by Crippen LogP contribution is 2.52. The normalized spacial score (nSPS) is 26.2. The van der Waals surface area contributed by atoms with Gasteiger partial charge in [-0.15, -0.1) is 0 Å². The van der Waals surface area contributed by atoms with Crippen LogP contribution in [0.15, 0.2) is 29.2 Å². The Hall–Kier alpha value is -1.01. The average Bonchev–Trinajstić information content (AvgIpc) is 2.35. The van der Waals surface area contributed by atoms with Crippen molar-refractivity contribution in [3.8, 4) is 0 Å². The molecule has 2 atom stereocenters. The van der Waals surface area contributed by atoms with Gasteiger partial charge in [-0.05, 0) is 35.4 Å². The summed E-state index contributed by atoms with van der Waals surface area (Å²) in [7, 11) is -4.53. The largest absolute Gasteiger partial charge is 0.393 e. The van der Waals surface area contributed by atoms with E-state index in [0.717, 1.165) is 5.56 Å². The van der Waals surface area contributed by atoms with Crippen LogP contribution in [0.1, 0.15) is 31.7 Å². The Morgan fingerprint density at radius 2 is 1.79 bits per heavy atom. The van der Waals surface area contributed by atoms with Crippen molar-refractivity contribution in [3.05, 3.63) is 29.8 Å². The van der Waals surface area contributed by atoms with E-state index in [1.165, 1.54) is 12.1 Å². The van der Waals surface area contributed by atoms with Crippen LogP contribution in [0.25, 0.3) is 0 Å². The number of sulfone groups is 1. The zero-order valence-corrected chi connectivity index (χ0v) is 11.5. The molecule has 1 aromatic rings. The van der Waals surface area contributed by atoms with Crippen LogP contribution in [-0.2, 0) is 9.84 Å². The average molecular weight is 290 g/mol. The summed E-state index contributed by atoms with van der Waals surface area (Å²) in [6.45, 7) is 3.85. The third kappa shape index (κ3) is 2.27. The lowest BCUT2D eigenvalue weighted by Gasteiger charge is -2.49. The molecule has 106 valence electrons. The predicted molar refractivity (Wildman–Crippen MR) is 66.8 cm³/mol. The molecule has 6 heteroatoms. The van der Waals surface area contributed by atoms with E-state index < -0.39 is 15.6 Å². The van der Waals surface area contributed by atoms with Gasteiger partial charge in [0, 0.05) is 0 Å². The SMILES string of the molecule is CC1(C)C(O)CC1c1ccc(S(=O)(=O)C(F)F)cc1. The van der Waals surface area contributed by atoms with Gasteiger partial charge in [0.05, 0.1) is 11.0 Å². The molecule has 0 spiro atoms. The Bertz CT molecular complexity index is 564. The van der Waals surface area contributed by atoms with Gasteiger partial charge < -0.3 is 5.11 Å². The second-order valence-corrected chi connectivity index (χ2v) is 7.42. The number of halogens is 2. The minimum atomic E-state index is -4.53. The molecule has 0 bridgehead atoms. The van der Waals surface area contributed by atoms with E-state index in [-0.39, 0.29) is 22.3 Å². The molecule has 0 heterocycles. The molecule has 1 aromatic carbocycles. The smallest absolute Gasteiger partial charge is 0.341 e. The fourth-order valence-electron chi connectivity index (χ4n) is 2.46. The van der Waals surface area contributed by atoms with Crippen LogP contribution < -0.4 is 0 Å². The Labute approximate surface area is 111 Å². The maximum Gasteiger partial charge on any atom is 0.341 e. The summed E-state index contributed by atoms with van der Waals surface area (Å²) in [5.74, 6) is -3.29. The van der Waals surface area contributed by atoms with Crippen molar-refractivity contribution in [3.63, 3.8) is 0 Å². The first-order valence-electron chi connectivity index (χ1n) is 5.97. The van der Waals surface area contributed by atoms with Crippen LogP contribution in [0.5, 0.6) is 0 Å². The molecule has 2 unspecified atom stereocenters. The minimum absolute atomic E-state index is 0.116. The van der Waals surface area contributed by atoms with E-state index in [1.54, 1.807) is 12.1 Å². The Kier molecular flexibility index (Phi) is 3.43. The lowest BCUT2D eigenvalue weighted by molar-refractivity contribution is -0.0625. The van der Waals surface area contributed by atoms with Crippen molar-refractivity contribution < 1.29 is 22.3 Å². The van der Waals surface area contributed by atoms with Crippen LogP contribution in [0.2, 0.25) is 0 Å². The summed E-state index contributed by atoms with van der Waals surface area (Å²) in [6.07, 6.45) is 0.218. The van der Waals surface area contributed by atoms with Crippen LogP contribution in [-0.4, -0.2) is 25.4 Å². The minimum Gasteiger partial charge on any atom is -0.393 e. The second-order valence-electron chi connectivity index (χ2n) is 5.50. The highest BCUT2D eigenvalue weighted by molar-refractivity contribution is 7.91. The zero-order valence-electron chi connectivity index (χ0n) is 10.7. The third-order valence-electron chi connectivity index (χ3n) is 4.06. The Morgan fingerprint density at radius 3 is 2.16 bits per heavy atom. The van der Waals surface area contributed by atoms with Gasteiger partial charge in [-0.1, -0.05) is 26.0 Å². The van der Waals surface area contributed by atoms with Crippen molar-refractivity contribution >= 4 is 9.84 Å². The van der Waals surface area contributed by atoms with Crippen molar-refractivity contribution in [1.82, 2.24) is 0 Å². The van der Waals surface area contributed by atoms with Gasteiger partial charge in [0.15, 0.2) is 0 Å². The number of rotatable bonds is 3. The van der Waals surface area contributed by atoms with Crippen molar-refractivity contribution in [1.29, 1.82) is 0 Å². The fourth-order valence-corrected chi connectivity index (χ4v) is 3.18. The summed E-state index contributed by atoms with van der Waals surface area (Å²) in [4.78, 5) is -0.371. The van der Waals surface area contributed by atoms with Crippen LogP contribution in [0, 0.1) is 5.41 Å². The Morgan fingerprint density at radius 1 is 1.26 bits per heavy atom. The van der Waals surface area contributed by atoms with Crippen molar-refractivity contribution in [2.45, 2.75) is 42.9 Å². The molecular formula is C13H16F2O3S. The molecule has 1 fully saturated rings. The molecule has 0 amide bonds. The lowest BCUT2D eigenvalue weighted by Crippen LogP contribution is -2.47. The number of hydrogen-bond acceptors (Lipinski definition) is 3. The van der Waals surface area contributed by atoms with Gasteiger partial charge in [-0.25, -0.2) is 8.42 Å². The Balaban J connectivity index is 2.26. The van der Waals surface area contributed by atoms with Gasteiger partial charge in [-0.2, -0.15) is 8.78 Å². The molecule has 0 aliphatic heterocycles. The summed E-state index contributed by atoms with van der Waals surface area (Å²) in [6, 6.07) is 5.51. The molecule has 19 heavy (non-hydrogen) atoms. The first-order chi connectivity index (χ1) is 8.67. The lowest BCUT2D eigenvalue weighted by atomic mass is 9.58. The van der Waals surface area contributed by atoms with Gasteiger partial charge in [-0.3, -0.25) is 0 Å². The summed E-state index contributed by atoms with van der Waals surface area (Å²) >= 11 is 0. The maximum absolute atomic E-state index is 12.4. The fraction of sp³-hybridized carbons (Fsp3) is 0.538. The van der Waals surface area contributed by atoms with E-state index >= 15 is 0 Å². The maximum atomic E-state index is 12.4. The molecule has 3 nitrogen and oxygen atoms in total. The molecule has 1 aliphatic carbocycles. The molecular weight excluding hydrogens is 274 g/mol. The first-order valence-corrected chi connectivity index (χ1v) is 7.52. The molecule has 1 aliphatic rings. The van der Waals surface area contributed by atoms with Crippen molar-refractivity contribution in [2.75, 3.05) is 0 Å². The van der Waals surface area contributed by atoms with E-state index in [0.29, 0.717) is 6.42 Å². The van der Waals surface area contributed by atoms with E-state index in [9.17, 15) is 22.3 Å². The monoisotopic (exact) mass is 290 g/mol. The van der Waals surface area contributed by atoms with Gasteiger partial charge in [0.1, 0.15) is 0 Å². The number of aliphatic hydroxyl groups is 1.